The van der Waals surface area contributed by atoms with Crippen molar-refractivity contribution < 1.29 is 9.21 Å². The van der Waals surface area contributed by atoms with Crippen LogP contribution in [0.15, 0.2) is 28.8 Å². The van der Waals surface area contributed by atoms with Crippen LogP contribution in [0.1, 0.15) is 22.0 Å². The molecule has 2 aromatic rings. The number of aromatic nitrogens is 2. The molecule has 0 bridgehead atoms. The highest BCUT2D eigenvalue weighted by Crippen LogP contribution is 2.10. The van der Waals surface area contributed by atoms with Gasteiger partial charge in [-0.1, -0.05) is 0 Å². The number of nitrogens with two attached hydrogens (primary N) is 1. The number of hydrogen-bond acceptors (Lipinski definition) is 4. The molecule has 0 saturated carbocycles. The lowest BCUT2D eigenvalue weighted by molar-refractivity contribution is 0.0924. The van der Waals surface area contributed by atoms with Crippen molar-refractivity contribution in [1.29, 1.82) is 0 Å². The van der Waals surface area contributed by atoms with E-state index in [2.05, 4.69) is 5.10 Å². The van der Waals surface area contributed by atoms with Gasteiger partial charge < -0.3 is 4.42 Å². The summed E-state index contributed by atoms with van der Waals surface area (Å²) in [7, 11) is 0. The van der Waals surface area contributed by atoms with Gasteiger partial charge in [0.15, 0.2) is 5.76 Å². The summed E-state index contributed by atoms with van der Waals surface area (Å²) in [5.74, 6) is 5.41. The molecule has 16 heavy (non-hydrogen) atoms. The van der Waals surface area contributed by atoms with Crippen molar-refractivity contribution in [3.05, 3.63) is 41.6 Å². The Morgan fingerprint density at radius 1 is 1.56 bits per heavy atom. The minimum Gasteiger partial charge on any atom is -0.454 e. The standard InChI is InChI=1S/C10H12N4O2/c1-7-4-5-12-14(7)6-8-2-3-9(16-8)10(15)13-11/h2-5H,6,11H2,1H3,(H,13,15). The molecule has 3 N–H and O–H groups in total. The number of rotatable bonds is 3. The van der Waals surface area contributed by atoms with Gasteiger partial charge in [-0.25, -0.2) is 5.84 Å². The highest BCUT2D eigenvalue weighted by atomic mass is 16.4. The van der Waals surface area contributed by atoms with Gasteiger partial charge >= 0.3 is 5.91 Å². The number of nitrogen functional groups attached to an aromatic ring is 1. The first kappa shape index (κ1) is 10.4. The molecule has 0 saturated heterocycles. The van der Waals surface area contributed by atoms with Crippen LogP contribution in [0.2, 0.25) is 0 Å². The van der Waals surface area contributed by atoms with Crippen LogP contribution in [-0.2, 0) is 6.54 Å². The van der Waals surface area contributed by atoms with Gasteiger partial charge in [-0.3, -0.25) is 14.9 Å². The maximum atomic E-state index is 11.1. The van der Waals surface area contributed by atoms with E-state index in [9.17, 15) is 4.79 Å². The van der Waals surface area contributed by atoms with Crippen LogP contribution in [-0.4, -0.2) is 15.7 Å². The van der Waals surface area contributed by atoms with E-state index >= 15 is 0 Å². The third kappa shape index (κ3) is 1.96. The largest absolute Gasteiger partial charge is 0.454 e. The zero-order chi connectivity index (χ0) is 11.5. The minimum atomic E-state index is -0.441. The normalized spacial score (nSPS) is 10.4. The summed E-state index contributed by atoms with van der Waals surface area (Å²) in [6.07, 6.45) is 1.71. The summed E-state index contributed by atoms with van der Waals surface area (Å²) in [5, 5.41) is 4.12. The van der Waals surface area contributed by atoms with Gasteiger partial charge in [0.25, 0.3) is 0 Å². The van der Waals surface area contributed by atoms with Gasteiger partial charge in [-0.15, -0.1) is 0 Å². The van der Waals surface area contributed by atoms with Crippen LogP contribution >= 0.6 is 0 Å². The Hall–Kier alpha value is -2.08. The molecule has 2 aromatic heterocycles. The first-order chi connectivity index (χ1) is 7.70. The maximum Gasteiger partial charge on any atom is 0.300 e. The van der Waals surface area contributed by atoms with Crippen molar-refractivity contribution in [2.45, 2.75) is 13.5 Å². The SMILES string of the molecule is Cc1ccnn1Cc1ccc(C(=O)NN)o1. The van der Waals surface area contributed by atoms with Crippen LogP contribution in [0.4, 0.5) is 0 Å². The number of aryl methyl sites for hydroxylation is 1. The van der Waals surface area contributed by atoms with Gasteiger partial charge in [0.1, 0.15) is 5.76 Å². The lowest BCUT2D eigenvalue weighted by atomic mass is 10.4. The average Bonchev–Trinajstić information content (AvgIpc) is 2.89. The van der Waals surface area contributed by atoms with Crippen molar-refractivity contribution in [1.82, 2.24) is 15.2 Å². The number of nitrogens with one attached hydrogen (secondary N) is 1. The van der Waals surface area contributed by atoms with Crippen LogP contribution in [0.5, 0.6) is 0 Å². The number of hydrazine groups is 1. The smallest absolute Gasteiger partial charge is 0.300 e. The second kappa shape index (κ2) is 4.19. The minimum absolute atomic E-state index is 0.197. The Bertz CT molecular complexity index is 500. The number of nitrogens with zero attached hydrogens (tertiary/aromatic N) is 2. The van der Waals surface area contributed by atoms with E-state index in [-0.39, 0.29) is 5.76 Å². The van der Waals surface area contributed by atoms with Gasteiger partial charge in [-0.2, -0.15) is 5.10 Å². The summed E-state index contributed by atoms with van der Waals surface area (Å²) < 4.78 is 7.09. The number of hydrogen-bond donors (Lipinski definition) is 2. The summed E-state index contributed by atoms with van der Waals surface area (Å²) in [6.45, 7) is 2.44. The lowest BCUT2D eigenvalue weighted by Crippen LogP contribution is -2.29. The molecule has 2 heterocycles. The van der Waals surface area contributed by atoms with E-state index in [4.69, 9.17) is 10.3 Å². The highest BCUT2D eigenvalue weighted by Gasteiger charge is 2.10. The molecule has 2 rings (SSSR count). The second-order valence-corrected chi connectivity index (χ2v) is 3.37. The molecule has 0 spiro atoms. The fraction of sp³-hybridized carbons (Fsp3) is 0.200. The van der Waals surface area contributed by atoms with Crippen molar-refractivity contribution in [3.63, 3.8) is 0 Å². The highest BCUT2D eigenvalue weighted by molar-refractivity contribution is 5.90. The zero-order valence-corrected chi connectivity index (χ0v) is 8.80. The summed E-state index contributed by atoms with van der Waals surface area (Å²) in [6, 6.07) is 5.21. The molecule has 0 aliphatic heterocycles. The number of furan rings is 1. The van der Waals surface area contributed by atoms with Crippen LogP contribution in [0.25, 0.3) is 0 Å². The van der Waals surface area contributed by atoms with Crippen molar-refractivity contribution in [2.75, 3.05) is 0 Å². The van der Waals surface area contributed by atoms with Gasteiger partial charge in [0, 0.05) is 11.9 Å². The predicted molar refractivity (Wildman–Crippen MR) is 56.4 cm³/mol. The predicted octanol–water partition coefficient (Wildman–Crippen LogP) is 0.436. The molecular weight excluding hydrogens is 208 g/mol. The lowest BCUT2D eigenvalue weighted by Gasteiger charge is -2.00. The molecule has 0 aromatic carbocycles. The van der Waals surface area contributed by atoms with E-state index in [0.29, 0.717) is 12.3 Å². The summed E-state index contributed by atoms with van der Waals surface area (Å²) in [5.41, 5.74) is 3.04. The van der Waals surface area contributed by atoms with Gasteiger partial charge in [-0.05, 0) is 25.1 Å². The molecule has 6 heteroatoms. The van der Waals surface area contributed by atoms with Gasteiger partial charge in [0.2, 0.25) is 0 Å². The molecule has 0 fully saturated rings. The van der Waals surface area contributed by atoms with E-state index in [1.165, 1.54) is 0 Å². The monoisotopic (exact) mass is 220 g/mol. The first-order valence-electron chi connectivity index (χ1n) is 4.79. The third-order valence-corrected chi connectivity index (χ3v) is 2.25. The Kier molecular flexibility index (Phi) is 2.74. The Morgan fingerprint density at radius 3 is 3.00 bits per heavy atom. The second-order valence-electron chi connectivity index (χ2n) is 3.37. The molecule has 84 valence electrons. The van der Waals surface area contributed by atoms with E-state index < -0.39 is 5.91 Å². The van der Waals surface area contributed by atoms with E-state index in [1.54, 1.807) is 23.0 Å². The number of carbonyl (C=O) groups excluding carboxylic acids is 1. The Labute approximate surface area is 92.0 Å². The molecule has 0 radical (unpaired) electrons. The van der Waals surface area contributed by atoms with Crippen LogP contribution in [0, 0.1) is 6.92 Å². The molecule has 0 atom stereocenters. The quantitative estimate of drug-likeness (QED) is 0.446. The zero-order valence-electron chi connectivity index (χ0n) is 8.80. The number of carbonyl (C=O) groups is 1. The number of amides is 1. The van der Waals surface area contributed by atoms with Gasteiger partial charge in [0.05, 0.1) is 6.54 Å². The van der Waals surface area contributed by atoms with Crippen molar-refractivity contribution in [2.24, 2.45) is 5.84 Å². The van der Waals surface area contributed by atoms with Crippen LogP contribution < -0.4 is 11.3 Å². The molecule has 0 aliphatic rings. The fourth-order valence-corrected chi connectivity index (χ4v) is 1.37. The van der Waals surface area contributed by atoms with E-state index in [1.807, 2.05) is 18.4 Å². The third-order valence-electron chi connectivity index (χ3n) is 2.25. The first-order valence-corrected chi connectivity index (χ1v) is 4.79. The van der Waals surface area contributed by atoms with Crippen molar-refractivity contribution in [3.8, 4) is 0 Å². The van der Waals surface area contributed by atoms with Crippen LogP contribution in [0.3, 0.4) is 0 Å². The van der Waals surface area contributed by atoms with E-state index in [0.717, 1.165) is 5.69 Å². The molecular formula is C10H12N4O2. The topological polar surface area (TPSA) is 86.1 Å². The Morgan fingerprint density at radius 2 is 2.38 bits per heavy atom. The maximum absolute atomic E-state index is 11.1. The van der Waals surface area contributed by atoms with Crippen molar-refractivity contribution >= 4 is 5.91 Å². The fourth-order valence-electron chi connectivity index (χ4n) is 1.37. The molecule has 1 amide bonds. The molecule has 0 unspecified atom stereocenters. The Balaban J connectivity index is 2.14. The molecule has 0 aliphatic carbocycles. The average molecular weight is 220 g/mol. The summed E-state index contributed by atoms with van der Waals surface area (Å²) >= 11 is 0. The molecule has 6 nitrogen and oxygen atoms in total. The summed E-state index contributed by atoms with van der Waals surface area (Å²) in [4.78, 5) is 11.1.